The minimum atomic E-state index is -1.38. The van der Waals surface area contributed by atoms with E-state index in [0.29, 0.717) is 0 Å². The third-order valence-electron chi connectivity index (χ3n) is 4.62. The van der Waals surface area contributed by atoms with Crippen LogP contribution in [0.5, 0.6) is 0 Å². The summed E-state index contributed by atoms with van der Waals surface area (Å²) in [6.45, 7) is 0. The normalized spacial score (nSPS) is 39.6. The van der Waals surface area contributed by atoms with Crippen LogP contribution in [0.25, 0.3) is 0 Å². The van der Waals surface area contributed by atoms with Gasteiger partial charge in [-0.05, 0) is 5.56 Å². The Balaban J connectivity index is 2.31. The molecule has 2 aliphatic rings. The molecule has 1 aromatic rings. The van der Waals surface area contributed by atoms with Crippen molar-refractivity contribution in [2.24, 2.45) is 0 Å². The Bertz CT molecular complexity index is 634. The van der Waals surface area contributed by atoms with Gasteiger partial charge in [0.2, 0.25) is 5.79 Å². The van der Waals surface area contributed by atoms with Gasteiger partial charge in [0.1, 0.15) is 4.87 Å². The lowest BCUT2D eigenvalue weighted by Crippen LogP contribution is -2.57. The van der Waals surface area contributed by atoms with E-state index < -0.39 is 15.5 Å². The van der Waals surface area contributed by atoms with Crippen LogP contribution in [0.2, 0.25) is 0 Å². The maximum Gasteiger partial charge on any atom is 0.219 e. The van der Waals surface area contributed by atoms with E-state index in [-0.39, 0.29) is 20.8 Å². The van der Waals surface area contributed by atoms with Crippen LogP contribution in [0, 0.1) is 0 Å². The average molecular weight is 447 g/mol. The molecule has 7 heteroatoms. The van der Waals surface area contributed by atoms with Crippen molar-refractivity contribution in [1.29, 1.82) is 0 Å². The van der Waals surface area contributed by atoms with Crippen LogP contribution in [0.3, 0.4) is 0 Å². The molecule has 0 radical (unpaired) electrons. The molecule has 0 spiro atoms. The molecule has 0 amide bonds. The summed E-state index contributed by atoms with van der Waals surface area (Å²) >= 11 is 30.5. The molecule has 0 saturated heterocycles. The molecule has 0 heterocycles. The van der Waals surface area contributed by atoms with Gasteiger partial charge in [0.15, 0.2) is 4.87 Å². The molecule has 22 heavy (non-hydrogen) atoms. The zero-order valence-corrected chi connectivity index (χ0v) is 16.4. The lowest BCUT2D eigenvalue weighted by atomic mass is 9.85. The summed E-state index contributed by atoms with van der Waals surface area (Å²) in [5.41, 5.74) is 0.975. The number of ether oxygens (including phenoxy) is 2. The maximum atomic E-state index is 7.01. The van der Waals surface area contributed by atoms with Crippen molar-refractivity contribution >= 4 is 62.3 Å². The van der Waals surface area contributed by atoms with Gasteiger partial charge in [-0.3, -0.25) is 0 Å². The van der Waals surface area contributed by atoms with Crippen molar-refractivity contribution in [1.82, 2.24) is 0 Å². The molecule has 2 aliphatic carbocycles. The first-order valence-electron chi connectivity index (χ1n) is 6.56. The number of benzene rings is 1. The fourth-order valence-corrected chi connectivity index (χ4v) is 7.30. The van der Waals surface area contributed by atoms with Gasteiger partial charge < -0.3 is 9.47 Å². The quantitative estimate of drug-likeness (QED) is 0.469. The van der Waals surface area contributed by atoms with Gasteiger partial charge >= 0.3 is 0 Å². The van der Waals surface area contributed by atoms with Gasteiger partial charge in [-0.2, -0.15) is 0 Å². The minimum Gasteiger partial charge on any atom is -0.349 e. The van der Waals surface area contributed by atoms with Gasteiger partial charge in [-0.1, -0.05) is 69.5 Å². The molecule has 0 aromatic heterocycles. The van der Waals surface area contributed by atoms with Crippen molar-refractivity contribution in [2.75, 3.05) is 14.2 Å². The van der Waals surface area contributed by atoms with Gasteiger partial charge in [-0.15, -0.1) is 23.2 Å². The molecular weight excluding hydrogens is 434 g/mol. The minimum absolute atomic E-state index is 0.253. The first-order chi connectivity index (χ1) is 10.3. The van der Waals surface area contributed by atoms with Crippen LogP contribution in [0.4, 0.5) is 0 Å². The van der Waals surface area contributed by atoms with E-state index >= 15 is 0 Å². The lowest BCUT2D eigenvalue weighted by Gasteiger charge is -2.41. The SMILES string of the molecule is COC1(OC)[C@@]2(Cl)C(Cl)=C(Cl)[C@@]1(Cl)[C@@H](Br)[C@H]2c1ccccc1. The number of hydrogen-bond acceptors (Lipinski definition) is 2. The molecule has 0 N–H and O–H groups in total. The lowest BCUT2D eigenvalue weighted by molar-refractivity contribution is -0.217. The molecule has 0 unspecified atom stereocenters. The number of hydrogen-bond donors (Lipinski definition) is 0. The highest BCUT2D eigenvalue weighted by atomic mass is 79.9. The summed E-state index contributed by atoms with van der Waals surface area (Å²) < 4.78 is 11.4. The van der Waals surface area contributed by atoms with Crippen molar-refractivity contribution < 1.29 is 9.47 Å². The summed E-state index contributed by atoms with van der Waals surface area (Å²) in [4.78, 5) is -2.78. The predicted molar refractivity (Wildman–Crippen MR) is 94.5 cm³/mol. The third kappa shape index (κ3) is 1.67. The average Bonchev–Trinajstić information content (AvgIpc) is 2.77. The second kappa shape index (κ2) is 5.52. The topological polar surface area (TPSA) is 18.5 Å². The summed E-state index contributed by atoms with van der Waals surface area (Å²) in [5.74, 6) is -1.66. The van der Waals surface area contributed by atoms with Gasteiger partial charge in [0.05, 0.1) is 14.9 Å². The summed E-state index contributed by atoms with van der Waals surface area (Å²) in [7, 11) is 2.98. The molecule has 4 atom stereocenters. The fourth-order valence-electron chi connectivity index (χ4n) is 3.68. The molecular formula is C15H13BrCl4O2. The number of alkyl halides is 3. The largest absolute Gasteiger partial charge is 0.349 e. The second-order valence-electron chi connectivity index (χ2n) is 5.37. The van der Waals surface area contributed by atoms with E-state index in [0.717, 1.165) is 5.56 Å². The number of halogens is 5. The molecule has 0 aliphatic heterocycles. The van der Waals surface area contributed by atoms with Crippen LogP contribution in [-0.4, -0.2) is 34.6 Å². The first kappa shape index (κ1) is 17.3. The zero-order valence-electron chi connectivity index (χ0n) is 11.7. The van der Waals surface area contributed by atoms with Gasteiger partial charge in [0, 0.05) is 20.1 Å². The van der Waals surface area contributed by atoms with Gasteiger partial charge in [0.25, 0.3) is 0 Å². The van der Waals surface area contributed by atoms with Crippen molar-refractivity contribution in [3.8, 4) is 0 Å². The van der Waals surface area contributed by atoms with Crippen LogP contribution >= 0.6 is 62.3 Å². The first-order valence-corrected chi connectivity index (χ1v) is 8.99. The summed E-state index contributed by atoms with van der Waals surface area (Å²) in [6, 6.07) is 9.74. The highest BCUT2D eigenvalue weighted by Gasteiger charge is 2.84. The van der Waals surface area contributed by atoms with Crippen LogP contribution in [0.15, 0.2) is 40.4 Å². The molecule has 2 nitrogen and oxygen atoms in total. The number of methoxy groups -OCH3 is 2. The second-order valence-corrected chi connectivity index (χ2v) is 8.30. The van der Waals surface area contributed by atoms with E-state index in [1.54, 1.807) is 0 Å². The van der Waals surface area contributed by atoms with E-state index in [4.69, 9.17) is 55.9 Å². The summed E-state index contributed by atoms with van der Waals surface area (Å²) in [6.07, 6.45) is 0. The molecule has 3 rings (SSSR count). The Morgan fingerprint density at radius 2 is 1.45 bits per heavy atom. The molecule has 2 bridgehead atoms. The third-order valence-corrected chi connectivity index (χ3v) is 8.71. The Kier molecular flexibility index (Phi) is 4.35. The predicted octanol–water partition coefficient (Wildman–Crippen LogP) is 5.19. The molecule has 1 saturated carbocycles. The Morgan fingerprint density at radius 1 is 0.955 bits per heavy atom. The van der Waals surface area contributed by atoms with Crippen molar-refractivity contribution in [3.63, 3.8) is 0 Å². The van der Waals surface area contributed by atoms with Crippen molar-refractivity contribution in [3.05, 3.63) is 46.0 Å². The van der Waals surface area contributed by atoms with Crippen LogP contribution < -0.4 is 0 Å². The molecule has 120 valence electrons. The number of rotatable bonds is 3. The van der Waals surface area contributed by atoms with Gasteiger partial charge in [-0.25, -0.2) is 0 Å². The highest BCUT2D eigenvalue weighted by molar-refractivity contribution is 9.09. The zero-order chi connectivity index (χ0) is 16.3. The van der Waals surface area contributed by atoms with E-state index in [9.17, 15) is 0 Å². The number of fused-ring (bicyclic) bond motifs is 2. The molecule has 1 fully saturated rings. The highest BCUT2D eigenvalue weighted by Crippen LogP contribution is 2.75. The standard InChI is InChI=1S/C15H13BrCl4O2/c1-21-15(22-2)13(19)9(8-6-4-3-5-7-8)10(16)14(15,20)12(18)11(13)17/h3-7,9-10H,1-2H3/t9-,10+,13+,14+/m1/s1. The molecule has 1 aromatic carbocycles. The fraction of sp³-hybridized carbons (Fsp3) is 0.467. The maximum absolute atomic E-state index is 7.01. The van der Waals surface area contributed by atoms with Crippen molar-refractivity contribution in [2.45, 2.75) is 26.3 Å². The smallest absolute Gasteiger partial charge is 0.219 e. The van der Waals surface area contributed by atoms with Crippen LogP contribution in [0.1, 0.15) is 11.5 Å². The van der Waals surface area contributed by atoms with E-state index in [1.807, 2.05) is 30.3 Å². The Hall–Kier alpha value is 0.520. The Labute approximate surface area is 157 Å². The van der Waals surface area contributed by atoms with E-state index in [1.165, 1.54) is 14.2 Å². The van der Waals surface area contributed by atoms with Crippen LogP contribution in [-0.2, 0) is 9.47 Å². The monoisotopic (exact) mass is 444 g/mol. The van der Waals surface area contributed by atoms with E-state index in [2.05, 4.69) is 15.9 Å². The Morgan fingerprint density at radius 3 is 1.91 bits per heavy atom. The summed E-state index contributed by atoms with van der Waals surface area (Å²) in [5, 5.41) is 0.516.